The molecule has 1 aliphatic rings. The summed E-state index contributed by atoms with van der Waals surface area (Å²) < 4.78 is 5.41. The molecular weight excluding hydrogens is 386 g/mol. The minimum Gasteiger partial charge on any atom is -0.462 e. The molecule has 5 rings (SSSR count). The predicted octanol–water partition coefficient (Wildman–Crippen LogP) is 3.30. The van der Waals surface area contributed by atoms with Crippen molar-refractivity contribution < 1.29 is 9.21 Å². The fourth-order valence-electron chi connectivity index (χ4n) is 3.45. The Hall–Kier alpha value is -3.10. The Bertz CT molecular complexity index is 1130. The third kappa shape index (κ3) is 3.76. The number of hydrogen-bond donors (Lipinski definition) is 0. The summed E-state index contributed by atoms with van der Waals surface area (Å²) in [7, 11) is 0. The summed E-state index contributed by atoms with van der Waals surface area (Å²) in [5.74, 6) is 0.741. The van der Waals surface area contributed by atoms with Gasteiger partial charge in [-0.1, -0.05) is 12.1 Å². The van der Waals surface area contributed by atoms with Crippen LogP contribution in [0.3, 0.4) is 0 Å². The molecule has 4 heterocycles. The van der Waals surface area contributed by atoms with Crippen LogP contribution in [0, 0.1) is 0 Å². The molecule has 3 aromatic heterocycles. The van der Waals surface area contributed by atoms with E-state index in [-0.39, 0.29) is 5.91 Å². The van der Waals surface area contributed by atoms with Crippen LogP contribution in [-0.4, -0.2) is 56.8 Å². The summed E-state index contributed by atoms with van der Waals surface area (Å²) in [4.78, 5) is 30.5. The molecule has 0 N–H and O–H groups in total. The molecule has 1 amide bonds. The van der Waals surface area contributed by atoms with E-state index in [1.54, 1.807) is 23.8 Å². The van der Waals surface area contributed by atoms with E-state index in [1.165, 1.54) is 0 Å². The summed E-state index contributed by atoms with van der Waals surface area (Å²) >= 11 is 1.59. The van der Waals surface area contributed by atoms with E-state index >= 15 is 0 Å². The van der Waals surface area contributed by atoms with Gasteiger partial charge in [-0.15, -0.1) is 11.3 Å². The summed E-state index contributed by atoms with van der Waals surface area (Å²) in [5.41, 5.74) is 2.97. The maximum Gasteiger partial charge on any atom is 0.274 e. The molecule has 0 unspecified atom stereocenters. The van der Waals surface area contributed by atoms with Crippen molar-refractivity contribution >= 4 is 28.3 Å². The lowest BCUT2D eigenvalue weighted by Crippen LogP contribution is -2.48. The van der Waals surface area contributed by atoms with E-state index in [2.05, 4.69) is 25.2 Å². The fraction of sp³-hybridized carbons (Fsp3) is 0.238. The molecule has 0 atom stereocenters. The summed E-state index contributed by atoms with van der Waals surface area (Å²) in [5, 5.41) is 2.97. The molecule has 29 heavy (non-hydrogen) atoms. The number of amides is 1. The highest BCUT2D eigenvalue weighted by Crippen LogP contribution is 2.24. The monoisotopic (exact) mass is 405 g/mol. The molecular formula is C21H19N5O2S. The summed E-state index contributed by atoms with van der Waals surface area (Å²) in [6, 6.07) is 11.4. The normalized spacial score (nSPS) is 15.1. The number of para-hydroxylation sites is 2. The number of aromatic nitrogens is 3. The SMILES string of the molecule is O=C(c1cnc2ccccc2n1)N1CCN(Cc2csc(-c3ccco3)n2)CC1. The van der Waals surface area contributed by atoms with Crippen molar-refractivity contribution in [3.05, 3.63) is 65.6 Å². The topological polar surface area (TPSA) is 75.4 Å². The highest BCUT2D eigenvalue weighted by atomic mass is 32.1. The minimum absolute atomic E-state index is 0.0586. The molecule has 0 saturated carbocycles. The standard InChI is InChI=1S/C21H19N5O2S/c27-21(18-12-22-16-4-1-2-5-17(16)24-18)26-9-7-25(8-10-26)13-15-14-29-20(23-15)19-6-3-11-28-19/h1-6,11-12,14H,7-10,13H2. The van der Waals surface area contributed by atoms with Crippen molar-refractivity contribution in [2.45, 2.75) is 6.54 Å². The fourth-order valence-corrected chi connectivity index (χ4v) is 4.23. The van der Waals surface area contributed by atoms with Crippen LogP contribution in [0.1, 0.15) is 16.2 Å². The van der Waals surface area contributed by atoms with Gasteiger partial charge >= 0.3 is 0 Å². The van der Waals surface area contributed by atoms with E-state index in [9.17, 15) is 4.79 Å². The Morgan fingerprint density at radius 2 is 1.86 bits per heavy atom. The first-order valence-corrected chi connectivity index (χ1v) is 10.4. The number of benzene rings is 1. The van der Waals surface area contributed by atoms with Crippen LogP contribution < -0.4 is 0 Å². The first kappa shape index (κ1) is 18.0. The Balaban J connectivity index is 1.20. The smallest absolute Gasteiger partial charge is 0.274 e. The van der Waals surface area contributed by atoms with Gasteiger partial charge in [0, 0.05) is 38.1 Å². The van der Waals surface area contributed by atoms with Crippen molar-refractivity contribution in [2.75, 3.05) is 26.2 Å². The van der Waals surface area contributed by atoms with E-state index in [4.69, 9.17) is 4.42 Å². The zero-order chi connectivity index (χ0) is 19.6. The average Bonchev–Trinajstić information content (AvgIpc) is 3.45. The zero-order valence-corrected chi connectivity index (χ0v) is 16.5. The van der Waals surface area contributed by atoms with Crippen molar-refractivity contribution in [1.82, 2.24) is 24.8 Å². The quantitative estimate of drug-likeness (QED) is 0.519. The number of hydrogen-bond acceptors (Lipinski definition) is 7. The van der Waals surface area contributed by atoms with Gasteiger partial charge in [-0.05, 0) is 24.3 Å². The van der Waals surface area contributed by atoms with Gasteiger partial charge in [0.1, 0.15) is 5.69 Å². The van der Waals surface area contributed by atoms with Gasteiger partial charge in [0.05, 0.1) is 29.2 Å². The molecule has 4 aromatic rings. The maximum atomic E-state index is 12.8. The van der Waals surface area contributed by atoms with E-state index in [1.807, 2.05) is 41.3 Å². The van der Waals surface area contributed by atoms with Crippen LogP contribution in [0.2, 0.25) is 0 Å². The van der Waals surface area contributed by atoms with Gasteiger partial charge in [0.15, 0.2) is 10.8 Å². The van der Waals surface area contributed by atoms with Gasteiger partial charge in [-0.3, -0.25) is 14.7 Å². The summed E-state index contributed by atoms with van der Waals surface area (Å²) in [6.45, 7) is 3.72. The second-order valence-electron chi connectivity index (χ2n) is 6.93. The number of furan rings is 1. The third-order valence-corrected chi connectivity index (χ3v) is 5.90. The van der Waals surface area contributed by atoms with Gasteiger partial charge < -0.3 is 9.32 Å². The van der Waals surface area contributed by atoms with E-state index < -0.39 is 0 Å². The number of nitrogens with zero attached hydrogens (tertiary/aromatic N) is 5. The van der Waals surface area contributed by atoms with Gasteiger partial charge in [-0.25, -0.2) is 9.97 Å². The Kier molecular flexibility index (Phi) is 4.79. The molecule has 1 aromatic carbocycles. The maximum absolute atomic E-state index is 12.8. The van der Waals surface area contributed by atoms with Crippen LogP contribution in [-0.2, 0) is 6.54 Å². The molecule has 0 aliphatic carbocycles. The Labute approximate surface area is 171 Å². The predicted molar refractivity (Wildman–Crippen MR) is 111 cm³/mol. The molecule has 0 spiro atoms. The molecule has 1 fully saturated rings. The number of carbonyl (C=O) groups excluding carboxylic acids is 1. The Morgan fingerprint density at radius 1 is 1.03 bits per heavy atom. The van der Waals surface area contributed by atoms with Crippen LogP contribution in [0.25, 0.3) is 21.8 Å². The number of thiazole rings is 1. The first-order valence-electron chi connectivity index (χ1n) is 9.48. The molecule has 146 valence electrons. The molecule has 1 saturated heterocycles. The molecule has 0 bridgehead atoms. The molecule has 7 nitrogen and oxygen atoms in total. The van der Waals surface area contributed by atoms with Crippen LogP contribution in [0.15, 0.2) is 58.7 Å². The van der Waals surface area contributed by atoms with E-state index in [0.717, 1.165) is 47.1 Å². The number of carbonyl (C=O) groups is 1. The largest absolute Gasteiger partial charge is 0.462 e. The Morgan fingerprint density at radius 3 is 2.66 bits per heavy atom. The second kappa shape index (κ2) is 7.73. The number of rotatable bonds is 4. The van der Waals surface area contributed by atoms with Crippen molar-refractivity contribution in [3.8, 4) is 10.8 Å². The molecule has 8 heteroatoms. The first-order chi connectivity index (χ1) is 14.3. The third-order valence-electron chi connectivity index (χ3n) is 5.00. The lowest BCUT2D eigenvalue weighted by molar-refractivity contribution is 0.0621. The lowest BCUT2D eigenvalue weighted by Gasteiger charge is -2.34. The van der Waals surface area contributed by atoms with Crippen molar-refractivity contribution in [3.63, 3.8) is 0 Å². The zero-order valence-electron chi connectivity index (χ0n) is 15.7. The van der Waals surface area contributed by atoms with Gasteiger partial charge in [0.2, 0.25) is 0 Å². The summed E-state index contributed by atoms with van der Waals surface area (Å²) in [6.07, 6.45) is 3.23. The van der Waals surface area contributed by atoms with Gasteiger partial charge in [-0.2, -0.15) is 0 Å². The van der Waals surface area contributed by atoms with Crippen molar-refractivity contribution in [2.24, 2.45) is 0 Å². The number of fused-ring (bicyclic) bond motifs is 1. The highest BCUT2D eigenvalue weighted by molar-refractivity contribution is 7.13. The molecule has 0 radical (unpaired) electrons. The van der Waals surface area contributed by atoms with Crippen LogP contribution in [0.5, 0.6) is 0 Å². The average molecular weight is 405 g/mol. The highest BCUT2D eigenvalue weighted by Gasteiger charge is 2.24. The minimum atomic E-state index is -0.0586. The van der Waals surface area contributed by atoms with Crippen molar-refractivity contribution in [1.29, 1.82) is 0 Å². The van der Waals surface area contributed by atoms with Crippen LogP contribution in [0.4, 0.5) is 0 Å². The van der Waals surface area contributed by atoms with Crippen LogP contribution >= 0.6 is 11.3 Å². The lowest BCUT2D eigenvalue weighted by atomic mass is 10.2. The molecule has 1 aliphatic heterocycles. The van der Waals surface area contributed by atoms with E-state index in [0.29, 0.717) is 18.8 Å². The number of piperazine rings is 1. The van der Waals surface area contributed by atoms with Gasteiger partial charge in [0.25, 0.3) is 5.91 Å². The second-order valence-corrected chi connectivity index (χ2v) is 7.79.